The molecule has 4 aromatic rings. The van der Waals surface area contributed by atoms with Crippen LogP contribution in [0.5, 0.6) is 11.5 Å². The number of carbonyl (C=O) groups is 6. The highest BCUT2D eigenvalue weighted by atomic mass is 19.4. The molecular formula is C44H42F3N9O8. The molecule has 1 aromatic heterocycles. The topological polar surface area (TPSA) is 212 Å². The zero-order valence-corrected chi connectivity index (χ0v) is 34.2. The Balaban J connectivity index is 0.773. The summed E-state index contributed by atoms with van der Waals surface area (Å²) >= 11 is 0. The number of amides is 6. The van der Waals surface area contributed by atoms with Crippen LogP contribution in [-0.4, -0.2) is 130 Å². The summed E-state index contributed by atoms with van der Waals surface area (Å²) in [6.45, 7) is 1.93. The molecule has 1 unspecified atom stereocenters. The van der Waals surface area contributed by atoms with Gasteiger partial charge >= 0.3 is 6.18 Å². The smallest absolute Gasteiger partial charge is 0.417 e. The average Bonchev–Trinajstić information content (AvgIpc) is 3.52. The van der Waals surface area contributed by atoms with Crippen molar-refractivity contribution in [1.82, 2.24) is 30.2 Å². The highest BCUT2D eigenvalue weighted by molar-refractivity contribution is 6.23. The number of aromatic hydroxyl groups is 1. The number of piperidine rings is 2. The number of rotatable bonds is 8. The van der Waals surface area contributed by atoms with Crippen molar-refractivity contribution in [3.63, 3.8) is 0 Å². The second-order valence-corrected chi connectivity index (χ2v) is 16.4. The number of nitrogens with zero attached hydrogens (tertiary/aromatic N) is 7. The number of nitrogen functional groups attached to an aromatic ring is 1. The third-order valence-corrected chi connectivity index (χ3v) is 12.5. The molecule has 3 aromatic carbocycles. The maximum atomic E-state index is 14.4. The maximum absolute atomic E-state index is 14.4. The Morgan fingerprint density at radius 1 is 0.781 bits per heavy atom. The third kappa shape index (κ3) is 7.87. The summed E-state index contributed by atoms with van der Waals surface area (Å²) in [5.74, 6) is -3.47. The quantitative estimate of drug-likeness (QED) is 0.217. The van der Waals surface area contributed by atoms with Crippen LogP contribution in [0.25, 0.3) is 11.3 Å². The second kappa shape index (κ2) is 16.5. The van der Waals surface area contributed by atoms with E-state index in [1.807, 2.05) is 9.80 Å². The summed E-state index contributed by atoms with van der Waals surface area (Å²) in [4.78, 5) is 85.4. The average molecular weight is 882 g/mol. The molecule has 332 valence electrons. The third-order valence-electron chi connectivity index (χ3n) is 12.5. The summed E-state index contributed by atoms with van der Waals surface area (Å²) < 4.78 is 49.2. The van der Waals surface area contributed by atoms with Crippen molar-refractivity contribution in [2.24, 2.45) is 5.92 Å². The van der Waals surface area contributed by atoms with Gasteiger partial charge in [-0.1, -0.05) is 12.1 Å². The first-order valence-corrected chi connectivity index (χ1v) is 20.9. The van der Waals surface area contributed by atoms with Gasteiger partial charge in [0.05, 0.1) is 46.7 Å². The molecule has 17 nitrogen and oxygen atoms in total. The number of nitrogens with one attached hydrogen (secondary N) is 1. The number of hydrogen-bond donors (Lipinski definition) is 3. The fraction of sp³-hybridized carbons (Fsp3) is 0.364. The van der Waals surface area contributed by atoms with Gasteiger partial charge in [-0.15, -0.1) is 10.2 Å². The largest absolute Gasteiger partial charge is 0.507 e. The molecular weight excluding hydrogens is 840 g/mol. The van der Waals surface area contributed by atoms with Crippen molar-refractivity contribution < 1.29 is 51.8 Å². The number of carbonyl (C=O) groups excluding carboxylic acids is 6. The van der Waals surface area contributed by atoms with Gasteiger partial charge in [-0.05, 0) is 73.9 Å². The molecule has 0 radical (unpaired) electrons. The van der Waals surface area contributed by atoms with Gasteiger partial charge in [0.1, 0.15) is 23.6 Å². The molecule has 4 fully saturated rings. The number of alkyl halides is 3. The number of ether oxygens (including phenoxy) is 1. The van der Waals surface area contributed by atoms with E-state index in [0.29, 0.717) is 48.6 Å². The number of halogens is 3. The fourth-order valence-corrected chi connectivity index (χ4v) is 8.98. The van der Waals surface area contributed by atoms with Crippen LogP contribution < -0.4 is 25.6 Å². The van der Waals surface area contributed by atoms with Crippen LogP contribution in [0.4, 0.5) is 30.4 Å². The van der Waals surface area contributed by atoms with Crippen molar-refractivity contribution in [2.45, 2.75) is 44.0 Å². The first-order chi connectivity index (χ1) is 30.6. The molecule has 64 heavy (non-hydrogen) atoms. The van der Waals surface area contributed by atoms with E-state index in [9.17, 15) is 47.0 Å². The predicted octanol–water partition coefficient (Wildman–Crippen LogP) is 3.32. The van der Waals surface area contributed by atoms with E-state index in [1.54, 1.807) is 47.4 Å². The summed E-state index contributed by atoms with van der Waals surface area (Å²) in [5, 5.41) is 20.5. The molecule has 4 saturated heterocycles. The number of phenols is 1. The number of phenolic OH excluding ortho intramolecular Hbond substituents is 1. The fourth-order valence-electron chi connectivity index (χ4n) is 8.98. The van der Waals surface area contributed by atoms with E-state index in [1.165, 1.54) is 17.0 Å². The molecule has 1 atom stereocenters. The molecule has 6 heterocycles. The van der Waals surface area contributed by atoms with E-state index in [0.717, 1.165) is 17.0 Å². The molecule has 4 N–H and O–H groups in total. The lowest BCUT2D eigenvalue weighted by molar-refractivity contribution is -0.138. The van der Waals surface area contributed by atoms with E-state index in [2.05, 4.69) is 15.5 Å². The second-order valence-electron chi connectivity index (χ2n) is 16.4. The lowest BCUT2D eigenvalue weighted by Crippen LogP contribution is -2.54. The van der Waals surface area contributed by atoms with Crippen molar-refractivity contribution >= 4 is 52.6 Å². The summed E-state index contributed by atoms with van der Waals surface area (Å²) in [6, 6.07) is 15.4. The Bertz CT molecular complexity index is 2590. The number of piperazine rings is 1. The van der Waals surface area contributed by atoms with Gasteiger partial charge in [-0.25, -0.2) is 0 Å². The molecule has 0 spiro atoms. The SMILES string of the molecule is Nc1nnc(-c2ccccc2O)cc1N1CC(Oc2ccc(C(=O)N3CCN(C(=O)C4CCN(c5ccc6c(c5)C(=O)N(C5CCC(=O)NC5=O)C6=O)CC4)CC3)c(C(F)(F)F)c2)C1. The van der Waals surface area contributed by atoms with Crippen LogP contribution in [0.15, 0.2) is 66.7 Å². The molecule has 5 aliphatic heterocycles. The number of para-hydroxylation sites is 1. The van der Waals surface area contributed by atoms with Gasteiger partial charge in [0.15, 0.2) is 5.82 Å². The molecule has 9 rings (SSSR count). The van der Waals surface area contributed by atoms with Gasteiger partial charge in [0, 0.05) is 62.9 Å². The Morgan fingerprint density at radius 3 is 2.19 bits per heavy atom. The number of imide groups is 2. The van der Waals surface area contributed by atoms with Crippen LogP contribution in [-0.2, 0) is 20.6 Å². The summed E-state index contributed by atoms with van der Waals surface area (Å²) in [5.41, 5.74) is 6.85. The molecule has 6 amide bonds. The summed E-state index contributed by atoms with van der Waals surface area (Å²) in [7, 11) is 0. The van der Waals surface area contributed by atoms with Crippen LogP contribution in [0.1, 0.15) is 62.3 Å². The van der Waals surface area contributed by atoms with Crippen molar-refractivity contribution in [2.75, 3.05) is 67.9 Å². The number of hydrogen-bond acceptors (Lipinski definition) is 13. The number of nitrogens with two attached hydrogens (primary N) is 1. The van der Waals surface area contributed by atoms with E-state index in [4.69, 9.17) is 10.5 Å². The van der Waals surface area contributed by atoms with Crippen LogP contribution >= 0.6 is 0 Å². The molecule has 0 bridgehead atoms. The van der Waals surface area contributed by atoms with Crippen molar-refractivity contribution in [3.8, 4) is 22.8 Å². The van der Waals surface area contributed by atoms with Gasteiger partial charge in [0.25, 0.3) is 17.7 Å². The van der Waals surface area contributed by atoms with Crippen molar-refractivity contribution in [3.05, 3.63) is 89.0 Å². The Hall–Kier alpha value is -7.25. The number of fused-ring (bicyclic) bond motifs is 1. The van der Waals surface area contributed by atoms with E-state index in [-0.39, 0.29) is 92.4 Å². The maximum Gasteiger partial charge on any atom is 0.417 e. The van der Waals surface area contributed by atoms with Crippen molar-refractivity contribution in [1.29, 1.82) is 0 Å². The number of benzene rings is 3. The Labute approximate surface area is 363 Å². The minimum absolute atomic E-state index is 0.0167. The zero-order valence-electron chi connectivity index (χ0n) is 34.2. The highest BCUT2D eigenvalue weighted by Gasteiger charge is 2.45. The predicted molar refractivity (Wildman–Crippen MR) is 222 cm³/mol. The molecule has 0 saturated carbocycles. The van der Waals surface area contributed by atoms with Gasteiger partial charge in [-0.3, -0.25) is 39.0 Å². The molecule has 0 aliphatic carbocycles. The lowest BCUT2D eigenvalue weighted by Gasteiger charge is -2.41. The summed E-state index contributed by atoms with van der Waals surface area (Å²) in [6.07, 6.45) is -4.30. The van der Waals surface area contributed by atoms with Crippen LogP contribution in [0.2, 0.25) is 0 Å². The van der Waals surface area contributed by atoms with Gasteiger partial charge in [0.2, 0.25) is 17.7 Å². The minimum Gasteiger partial charge on any atom is -0.507 e. The molecule has 20 heteroatoms. The Morgan fingerprint density at radius 2 is 1.48 bits per heavy atom. The van der Waals surface area contributed by atoms with Crippen LogP contribution in [0.3, 0.4) is 0 Å². The van der Waals surface area contributed by atoms with Crippen LogP contribution in [0, 0.1) is 5.92 Å². The van der Waals surface area contributed by atoms with E-state index < -0.39 is 59.0 Å². The van der Waals surface area contributed by atoms with E-state index >= 15 is 0 Å². The lowest BCUT2D eigenvalue weighted by atomic mass is 9.94. The first-order valence-electron chi connectivity index (χ1n) is 20.9. The monoisotopic (exact) mass is 881 g/mol. The first kappa shape index (κ1) is 42.1. The number of aromatic nitrogens is 2. The Kier molecular flexibility index (Phi) is 10.8. The number of anilines is 3. The van der Waals surface area contributed by atoms with Gasteiger partial charge in [-0.2, -0.15) is 13.2 Å². The standard InChI is InChI=1S/C44H42F3N9O8/c45-44(46,47)32-20-26(64-27-22-55(23-27)35-21-33(50-51-38(35)48)30-3-1-2-4-36(30)57)6-8-29(32)41(61)54-17-15-53(16-18-54)40(60)24-11-13-52(14-12-24)25-5-7-28-31(19-25)43(63)56(42(28)62)34-9-10-37(58)49-39(34)59/h1-8,19-21,24,27,34,57H,9-18,22-23H2,(H2,48,51)(H,49,58,59). The normalized spacial score (nSPS) is 19.7. The minimum atomic E-state index is -4.86. The van der Waals surface area contributed by atoms with Gasteiger partial charge < -0.3 is 35.2 Å². The highest BCUT2D eigenvalue weighted by Crippen LogP contribution is 2.38. The zero-order chi connectivity index (χ0) is 45.0. The molecule has 5 aliphatic rings.